The monoisotopic (exact) mass is 281 g/mol. The number of likely N-dealkylation sites (N-methyl/N-ethyl adjacent to an activating group) is 1. The van der Waals surface area contributed by atoms with Crippen molar-refractivity contribution in [2.45, 2.75) is 18.2 Å². The van der Waals surface area contributed by atoms with E-state index in [1.54, 1.807) is 24.9 Å². The highest BCUT2D eigenvalue weighted by Crippen LogP contribution is 2.28. The molecule has 0 radical (unpaired) electrons. The standard InChI is InChI=1S/C12H12BrNO2/c1-7(13)12(16)8-3-4-10-9(5-8)6-11(15)14(10)2/h3-5,7H,6H2,1-2H3/t7-/m0/s1. The van der Waals surface area contributed by atoms with Crippen molar-refractivity contribution in [2.24, 2.45) is 0 Å². The molecule has 0 aliphatic carbocycles. The number of carbonyl (C=O) groups is 2. The lowest BCUT2D eigenvalue weighted by Gasteiger charge is -2.10. The summed E-state index contributed by atoms with van der Waals surface area (Å²) in [6.07, 6.45) is 0.392. The number of halogens is 1. The molecular formula is C12H12BrNO2. The van der Waals surface area contributed by atoms with E-state index in [0.29, 0.717) is 12.0 Å². The molecule has 0 fully saturated rings. The summed E-state index contributed by atoms with van der Waals surface area (Å²) in [6, 6.07) is 5.42. The molecule has 1 aromatic carbocycles. The quantitative estimate of drug-likeness (QED) is 0.616. The maximum Gasteiger partial charge on any atom is 0.231 e. The van der Waals surface area contributed by atoms with E-state index in [1.807, 2.05) is 12.1 Å². The number of amides is 1. The average Bonchev–Trinajstić information content (AvgIpc) is 2.53. The van der Waals surface area contributed by atoms with Gasteiger partial charge in [-0.3, -0.25) is 9.59 Å². The first-order valence-corrected chi connectivity index (χ1v) is 6.00. The number of benzene rings is 1. The fourth-order valence-corrected chi connectivity index (χ4v) is 2.12. The number of Topliss-reactive ketones (excluding diaryl/α,β-unsaturated/α-hetero) is 1. The molecule has 0 N–H and O–H groups in total. The van der Waals surface area contributed by atoms with Crippen LogP contribution in [-0.4, -0.2) is 23.6 Å². The zero-order chi connectivity index (χ0) is 11.9. The van der Waals surface area contributed by atoms with E-state index < -0.39 is 0 Å². The van der Waals surface area contributed by atoms with Gasteiger partial charge in [0.1, 0.15) is 0 Å². The van der Waals surface area contributed by atoms with Crippen LogP contribution in [0, 0.1) is 0 Å². The number of carbonyl (C=O) groups excluding carboxylic acids is 2. The van der Waals surface area contributed by atoms with Gasteiger partial charge in [0.25, 0.3) is 0 Å². The lowest BCUT2D eigenvalue weighted by molar-refractivity contribution is -0.117. The van der Waals surface area contributed by atoms with Crippen molar-refractivity contribution in [3.8, 4) is 0 Å². The summed E-state index contributed by atoms with van der Waals surface area (Å²) in [5, 5.41) is 0. The van der Waals surface area contributed by atoms with Crippen molar-refractivity contribution < 1.29 is 9.59 Å². The van der Waals surface area contributed by atoms with Crippen molar-refractivity contribution in [3.63, 3.8) is 0 Å². The van der Waals surface area contributed by atoms with Crippen LogP contribution in [0.3, 0.4) is 0 Å². The molecule has 1 aliphatic rings. The maximum atomic E-state index is 11.8. The molecule has 0 spiro atoms. The first-order valence-electron chi connectivity index (χ1n) is 5.08. The minimum absolute atomic E-state index is 0.0461. The Balaban J connectivity index is 2.39. The van der Waals surface area contributed by atoms with E-state index in [4.69, 9.17) is 0 Å². The zero-order valence-corrected chi connectivity index (χ0v) is 10.7. The van der Waals surface area contributed by atoms with E-state index in [0.717, 1.165) is 11.3 Å². The van der Waals surface area contributed by atoms with E-state index in [9.17, 15) is 9.59 Å². The van der Waals surface area contributed by atoms with Gasteiger partial charge in [0.15, 0.2) is 5.78 Å². The van der Waals surface area contributed by atoms with Crippen LogP contribution in [0.1, 0.15) is 22.8 Å². The minimum atomic E-state index is -0.194. The van der Waals surface area contributed by atoms with E-state index in [2.05, 4.69) is 15.9 Å². The number of fused-ring (bicyclic) bond motifs is 1. The van der Waals surface area contributed by atoms with Gasteiger partial charge in [-0.1, -0.05) is 15.9 Å². The molecule has 4 heteroatoms. The van der Waals surface area contributed by atoms with Gasteiger partial charge in [-0.05, 0) is 30.7 Å². The molecule has 0 unspecified atom stereocenters. The van der Waals surface area contributed by atoms with Crippen molar-refractivity contribution in [3.05, 3.63) is 29.3 Å². The Morgan fingerprint density at radius 3 is 2.81 bits per heavy atom. The molecule has 1 heterocycles. The molecule has 84 valence electrons. The van der Waals surface area contributed by atoms with Crippen LogP contribution < -0.4 is 4.90 Å². The van der Waals surface area contributed by atoms with Gasteiger partial charge in [0.05, 0.1) is 11.2 Å². The fourth-order valence-electron chi connectivity index (χ4n) is 1.85. The summed E-state index contributed by atoms with van der Waals surface area (Å²) in [6.45, 7) is 1.80. The van der Waals surface area contributed by atoms with Crippen LogP contribution >= 0.6 is 15.9 Å². The molecule has 1 amide bonds. The lowest BCUT2D eigenvalue weighted by Crippen LogP contribution is -2.20. The summed E-state index contributed by atoms with van der Waals surface area (Å²) in [4.78, 5) is 24.7. The third kappa shape index (κ3) is 1.78. The Hall–Kier alpha value is -1.16. The van der Waals surface area contributed by atoms with Crippen LogP contribution in [0.2, 0.25) is 0 Å². The van der Waals surface area contributed by atoms with Crippen LogP contribution in [0.5, 0.6) is 0 Å². The third-order valence-corrected chi connectivity index (χ3v) is 3.22. The molecule has 2 rings (SSSR count). The van der Waals surface area contributed by atoms with Crippen LogP contribution in [0.25, 0.3) is 0 Å². The van der Waals surface area contributed by atoms with Gasteiger partial charge >= 0.3 is 0 Å². The normalized spacial score (nSPS) is 16.2. The summed E-state index contributed by atoms with van der Waals surface area (Å²) in [7, 11) is 1.75. The maximum absolute atomic E-state index is 11.8. The van der Waals surface area contributed by atoms with Gasteiger partial charge < -0.3 is 4.90 Å². The molecular weight excluding hydrogens is 270 g/mol. The first-order chi connectivity index (χ1) is 7.50. The Labute approximate surface area is 103 Å². The van der Waals surface area contributed by atoms with Crippen molar-refractivity contribution in [1.82, 2.24) is 0 Å². The molecule has 1 atom stereocenters. The predicted molar refractivity (Wildman–Crippen MR) is 66.3 cm³/mol. The largest absolute Gasteiger partial charge is 0.315 e. The smallest absolute Gasteiger partial charge is 0.231 e. The number of anilines is 1. The van der Waals surface area contributed by atoms with Crippen LogP contribution in [0.15, 0.2) is 18.2 Å². The Morgan fingerprint density at radius 1 is 1.50 bits per heavy atom. The van der Waals surface area contributed by atoms with Crippen molar-refractivity contribution in [2.75, 3.05) is 11.9 Å². The molecule has 0 bridgehead atoms. The number of rotatable bonds is 2. The van der Waals surface area contributed by atoms with Gasteiger partial charge in [-0.15, -0.1) is 0 Å². The first kappa shape index (κ1) is 11.3. The number of hydrogen-bond acceptors (Lipinski definition) is 2. The van der Waals surface area contributed by atoms with E-state index in [-0.39, 0.29) is 16.5 Å². The minimum Gasteiger partial charge on any atom is -0.315 e. The topological polar surface area (TPSA) is 37.4 Å². The Morgan fingerprint density at radius 2 is 2.19 bits per heavy atom. The van der Waals surface area contributed by atoms with Crippen LogP contribution in [0.4, 0.5) is 5.69 Å². The molecule has 3 nitrogen and oxygen atoms in total. The van der Waals surface area contributed by atoms with Gasteiger partial charge in [-0.25, -0.2) is 0 Å². The number of hydrogen-bond donors (Lipinski definition) is 0. The number of nitrogens with zero attached hydrogens (tertiary/aromatic N) is 1. The molecule has 0 saturated carbocycles. The predicted octanol–water partition coefficient (Wildman–Crippen LogP) is 2.17. The second kappa shape index (κ2) is 4.01. The van der Waals surface area contributed by atoms with Gasteiger partial charge in [-0.2, -0.15) is 0 Å². The summed E-state index contributed by atoms with van der Waals surface area (Å²) in [5.41, 5.74) is 2.50. The fraction of sp³-hybridized carbons (Fsp3) is 0.333. The van der Waals surface area contributed by atoms with Crippen molar-refractivity contribution in [1.29, 1.82) is 0 Å². The lowest BCUT2D eigenvalue weighted by atomic mass is 10.0. The number of ketones is 1. The number of alkyl halides is 1. The Bertz CT molecular complexity index is 468. The average molecular weight is 282 g/mol. The highest BCUT2D eigenvalue weighted by Gasteiger charge is 2.25. The SMILES string of the molecule is C[C@H](Br)C(=O)c1ccc2c(c1)CC(=O)N2C. The summed E-state index contributed by atoms with van der Waals surface area (Å²) >= 11 is 3.25. The Kier molecular flexibility index (Phi) is 2.84. The molecule has 1 aliphatic heterocycles. The third-order valence-electron chi connectivity index (χ3n) is 2.80. The second-order valence-electron chi connectivity index (χ2n) is 3.95. The highest BCUT2D eigenvalue weighted by molar-refractivity contribution is 9.10. The highest BCUT2D eigenvalue weighted by atomic mass is 79.9. The molecule has 0 saturated heterocycles. The second-order valence-corrected chi connectivity index (χ2v) is 5.33. The van der Waals surface area contributed by atoms with Crippen molar-refractivity contribution >= 4 is 33.3 Å². The van der Waals surface area contributed by atoms with E-state index >= 15 is 0 Å². The molecule has 1 aromatic rings. The van der Waals surface area contributed by atoms with Gasteiger partial charge in [0, 0.05) is 18.3 Å². The molecule has 16 heavy (non-hydrogen) atoms. The van der Waals surface area contributed by atoms with Gasteiger partial charge in [0.2, 0.25) is 5.91 Å². The zero-order valence-electron chi connectivity index (χ0n) is 9.16. The summed E-state index contributed by atoms with van der Waals surface area (Å²) in [5.74, 6) is 0.122. The van der Waals surface area contributed by atoms with E-state index in [1.165, 1.54) is 0 Å². The van der Waals surface area contributed by atoms with Crippen LogP contribution in [-0.2, 0) is 11.2 Å². The molecule has 0 aromatic heterocycles. The summed E-state index contributed by atoms with van der Waals surface area (Å²) < 4.78 is 0.